The maximum atomic E-state index is 12.0. The third-order valence-corrected chi connectivity index (χ3v) is 4.67. The molecule has 0 aromatic heterocycles. The zero-order valence-electron chi connectivity index (χ0n) is 15.7. The topological polar surface area (TPSA) is 66.0 Å². The number of likely N-dealkylation sites (tertiary alicyclic amines) is 1. The minimum atomic E-state index is 0.316. The predicted octanol–water partition coefficient (Wildman–Crippen LogP) is 2.07. The van der Waals surface area contributed by atoms with Crippen LogP contribution < -0.4 is 10.6 Å². The molecule has 0 radical (unpaired) electrons. The van der Waals surface area contributed by atoms with Crippen LogP contribution in [0, 0.1) is 0 Å². The van der Waals surface area contributed by atoms with Gasteiger partial charge in [-0.2, -0.15) is 0 Å². The van der Waals surface area contributed by atoms with Gasteiger partial charge in [0.1, 0.15) is 0 Å². The molecular formula is C19H34N4O2. The lowest BCUT2D eigenvalue weighted by Crippen LogP contribution is -2.38. The van der Waals surface area contributed by atoms with Gasteiger partial charge in [0, 0.05) is 39.1 Å². The number of nitrogens with one attached hydrogen (secondary N) is 2. The minimum absolute atomic E-state index is 0.316. The first-order valence-electron chi connectivity index (χ1n) is 9.85. The largest absolute Gasteiger partial charge is 0.377 e. The van der Waals surface area contributed by atoms with Gasteiger partial charge in [-0.15, -0.1) is 0 Å². The van der Waals surface area contributed by atoms with Gasteiger partial charge in [-0.25, -0.2) is 0 Å². The lowest BCUT2D eigenvalue weighted by atomic mass is 10.1. The van der Waals surface area contributed by atoms with Crippen molar-refractivity contribution in [3.8, 4) is 0 Å². The summed E-state index contributed by atoms with van der Waals surface area (Å²) in [5.41, 5.74) is 1.47. The second-order valence-electron chi connectivity index (χ2n) is 6.67. The van der Waals surface area contributed by atoms with E-state index in [1.165, 1.54) is 12.0 Å². The summed E-state index contributed by atoms with van der Waals surface area (Å²) < 4.78 is 5.34. The van der Waals surface area contributed by atoms with Crippen molar-refractivity contribution < 1.29 is 9.53 Å². The second-order valence-corrected chi connectivity index (χ2v) is 6.67. The number of hydrogen-bond donors (Lipinski definition) is 2. The summed E-state index contributed by atoms with van der Waals surface area (Å²) in [4.78, 5) is 18.6. The Kier molecular flexibility index (Phi) is 9.41. The minimum Gasteiger partial charge on any atom is -0.377 e. The van der Waals surface area contributed by atoms with E-state index in [-0.39, 0.29) is 0 Å². The first-order valence-corrected chi connectivity index (χ1v) is 9.85. The zero-order chi connectivity index (χ0) is 17.7. The van der Waals surface area contributed by atoms with Gasteiger partial charge in [0.05, 0.1) is 13.2 Å². The molecule has 1 amide bonds. The van der Waals surface area contributed by atoms with Crippen LogP contribution in [-0.4, -0.2) is 62.7 Å². The molecule has 6 nitrogen and oxygen atoms in total. The van der Waals surface area contributed by atoms with Crippen molar-refractivity contribution in [3.63, 3.8) is 0 Å². The normalized spacial score (nSPS) is 19.4. The first kappa shape index (κ1) is 19.8. The van der Waals surface area contributed by atoms with Gasteiger partial charge in [0.2, 0.25) is 5.91 Å². The van der Waals surface area contributed by atoms with E-state index in [9.17, 15) is 4.79 Å². The highest BCUT2D eigenvalue weighted by Gasteiger charge is 2.15. The lowest BCUT2D eigenvalue weighted by molar-refractivity contribution is -0.130. The van der Waals surface area contributed by atoms with Crippen molar-refractivity contribution in [2.75, 3.05) is 45.9 Å². The number of guanidine groups is 1. The highest BCUT2D eigenvalue weighted by molar-refractivity contribution is 5.79. The van der Waals surface area contributed by atoms with Gasteiger partial charge in [-0.3, -0.25) is 9.79 Å². The van der Waals surface area contributed by atoms with E-state index in [0.717, 1.165) is 84.0 Å². The fourth-order valence-corrected chi connectivity index (χ4v) is 3.20. The smallest absolute Gasteiger partial charge is 0.222 e. The predicted molar refractivity (Wildman–Crippen MR) is 102 cm³/mol. The van der Waals surface area contributed by atoms with Crippen molar-refractivity contribution in [1.29, 1.82) is 0 Å². The maximum absolute atomic E-state index is 12.0. The molecule has 1 saturated heterocycles. The fourth-order valence-electron chi connectivity index (χ4n) is 3.20. The Bertz CT molecular complexity index is 462. The van der Waals surface area contributed by atoms with Crippen molar-refractivity contribution >= 4 is 11.9 Å². The summed E-state index contributed by atoms with van der Waals surface area (Å²) in [6, 6.07) is 0. The molecule has 2 aliphatic rings. The van der Waals surface area contributed by atoms with Crippen LogP contribution in [0.5, 0.6) is 0 Å². The number of amides is 1. The number of nitrogens with zero attached hydrogens (tertiary/aromatic N) is 2. The third kappa shape index (κ3) is 7.90. The van der Waals surface area contributed by atoms with Crippen LogP contribution in [-0.2, 0) is 9.53 Å². The Morgan fingerprint density at radius 1 is 1.28 bits per heavy atom. The molecule has 0 aromatic carbocycles. The van der Waals surface area contributed by atoms with Gasteiger partial charge in [-0.05, 0) is 39.0 Å². The van der Waals surface area contributed by atoms with Crippen LogP contribution in [0.3, 0.4) is 0 Å². The van der Waals surface area contributed by atoms with E-state index >= 15 is 0 Å². The molecule has 0 aromatic rings. The van der Waals surface area contributed by atoms with Gasteiger partial charge < -0.3 is 20.3 Å². The molecule has 2 N–H and O–H groups in total. The van der Waals surface area contributed by atoms with Crippen molar-refractivity contribution in [3.05, 3.63) is 11.6 Å². The number of rotatable bonds is 8. The molecule has 25 heavy (non-hydrogen) atoms. The molecule has 2 aliphatic heterocycles. The van der Waals surface area contributed by atoms with Crippen LogP contribution in [0.25, 0.3) is 0 Å². The van der Waals surface area contributed by atoms with Crippen LogP contribution in [0.2, 0.25) is 0 Å². The average Bonchev–Trinajstić information content (AvgIpc) is 2.84. The Balaban J connectivity index is 1.67. The van der Waals surface area contributed by atoms with Crippen LogP contribution in [0.15, 0.2) is 16.6 Å². The summed E-state index contributed by atoms with van der Waals surface area (Å²) in [5, 5.41) is 6.69. The number of carbonyl (C=O) groups is 1. The highest BCUT2D eigenvalue weighted by Crippen LogP contribution is 2.12. The molecule has 2 rings (SSSR count). The zero-order valence-corrected chi connectivity index (χ0v) is 15.7. The van der Waals surface area contributed by atoms with Gasteiger partial charge in [-0.1, -0.05) is 18.1 Å². The van der Waals surface area contributed by atoms with E-state index in [1.807, 2.05) is 4.90 Å². The quantitative estimate of drug-likeness (QED) is 0.304. The molecule has 0 bridgehead atoms. The van der Waals surface area contributed by atoms with E-state index in [1.54, 1.807) is 0 Å². The molecule has 0 unspecified atom stereocenters. The van der Waals surface area contributed by atoms with Crippen molar-refractivity contribution in [2.24, 2.45) is 4.99 Å². The summed E-state index contributed by atoms with van der Waals surface area (Å²) in [6.07, 6.45) is 9.27. The fraction of sp³-hybridized carbons (Fsp3) is 0.789. The Labute approximate surface area is 152 Å². The summed E-state index contributed by atoms with van der Waals surface area (Å²) in [5.74, 6) is 1.19. The number of ether oxygens (including phenoxy) is 1. The monoisotopic (exact) mass is 350 g/mol. The lowest BCUT2D eigenvalue weighted by Gasteiger charge is -2.20. The first-order chi connectivity index (χ1) is 12.3. The standard InChI is InChI=1S/C19H34N4O2/c1-2-20-19(22-12-8-17-9-15-25-16-10-17)21-11-6-14-23-13-5-3-4-7-18(23)24/h9H,2-8,10-16H2,1H3,(H2,20,21,22). The summed E-state index contributed by atoms with van der Waals surface area (Å²) in [7, 11) is 0. The average molecular weight is 351 g/mol. The molecule has 0 spiro atoms. The van der Waals surface area contributed by atoms with Gasteiger partial charge >= 0.3 is 0 Å². The molecule has 142 valence electrons. The SMILES string of the molecule is CCNC(=NCCCN1CCCCCC1=O)NCCC1=CCOCC1. The number of hydrogen-bond acceptors (Lipinski definition) is 3. The van der Waals surface area contributed by atoms with E-state index in [0.29, 0.717) is 12.3 Å². The maximum Gasteiger partial charge on any atom is 0.222 e. The molecule has 0 atom stereocenters. The van der Waals surface area contributed by atoms with E-state index in [4.69, 9.17) is 4.74 Å². The number of aliphatic imine (C=N–C) groups is 1. The summed E-state index contributed by atoms with van der Waals surface area (Å²) >= 11 is 0. The molecular weight excluding hydrogens is 316 g/mol. The van der Waals surface area contributed by atoms with Crippen molar-refractivity contribution in [2.45, 2.75) is 51.9 Å². The van der Waals surface area contributed by atoms with Gasteiger partial charge in [0.25, 0.3) is 0 Å². The molecule has 0 aliphatic carbocycles. The molecule has 6 heteroatoms. The second kappa shape index (κ2) is 11.9. The Morgan fingerprint density at radius 2 is 2.20 bits per heavy atom. The van der Waals surface area contributed by atoms with Crippen LogP contribution in [0.4, 0.5) is 0 Å². The molecule has 2 heterocycles. The Morgan fingerprint density at radius 3 is 3.00 bits per heavy atom. The Hall–Kier alpha value is -1.56. The van der Waals surface area contributed by atoms with Crippen molar-refractivity contribution in [1.82, 2.24) is 15.5 Å². The number of carbonyl (C=O) groups excluding carboxylic acids is 1. The summed E-state index contributed by atoms with van der Waals surface area (Å²) in [6.45, 7) is 7.90. The van der Waals surface area contributed by atoms with Gasteiger partial charge in [0.15, 0.2) is 5.96 Å². The molecule has 0 saturated carbocycles. The highest BCUT2D eigenvalue weighted by atomic mass is 16.5. The van der Waals surface area contributed by atoms with Crippen LogP contribution >= 0.6 is 0 Å². The van der Waals surface area contributed by atoms with Crippen LogP contribution in [0.1, 0.15) is 51.9 Å². The van der Waals surface area contributed by atoms with E-state index < -0.39 is 0 Å². The van der Waals surface area contributed by atoms with E-state index in [2.05, 4.69) is 28.6 Å². The molecule has 1 fully saturated rings. The third-order valence-electron chi connectivity index (χ3n) is 4.67.